The molecule has 0 bridgehead atoms. The minimum atomic E-state index is -0.359. The molecule has 0 aliphatic heterocycles. The number of rotatable bonds is 11. The van der Waals surface area contributed by atoms with Gasteiger partial charge in [0.25, 0.3) is 0 Å². The normalized spacial score (nSPS) is 18.2. The summed E-state index contributed by atoms with van der Waals surface area (Å²) in [7, 11) is 0. The molecular weight excluding hydrogens is 246 g/mol. The molecular formula is C17H33N3. The lowest BCUT2D eigenvalue weighted by atomic mass is 9.95. The van der Waals surface area contributed by atoms with Crippen molar-refractivity contribution in [2.45, 2.75) is 90.3 Å². The van der Waals surface area contributed by atoms with E-state index in [1.54, 1.807) is 0 Å². The van der Waals surface area contributed by atoms with Crippen LogP contribution in [0.25, 0.3) is 0 Å². The van der Waals surface area contributed by atoms with Gasteiger partial charge in [-0.2, -0.15) is 5.26 Å². The van der Waals surface area contributed by atoms with E-state index in [4.69, 9.17) is 0 Å². The molecule has 1 unspecified atom stereocenters. The highest BCUT2D eigenvalue weighted by atomic mass is 15.2. The fourth-order valence-corrected chi connectivity index (χ4v) is 2.87. The van der Waals surface area contributed by atoms with E-state index in [0.29, 0.717) is 6.04 Å². The Balaban J connectivity index is 2.23. The van der Waals surface area contributed by atoms with Crippen LogP contribution in [0.15, 0.2) is 0 Å². The fourth-order valence-electron chi connectivity index (χ4n) is 2.87. The molecule has 0 amide bonds. The predicted molar refractivity (Wildman–Crippen MR) is 85.6 cm³/mol. The number of nitrogens with zero attached hydrogens (tertiary/aromatic N) is 2. The van der Waals surface area contributed by atoms with Crippen LogP contribution < -0.4 is 5.32 Å². The van der Waals surface area contributed by atoms with Gasteiger partial charge in [0.05, 0.1) is 6.07 Å². The Kier molecular flexibility index (Phi) is 7.55. The quantitative estimate of drug-likeness (QED) is 0.586. The van der Waals surface area contributed by atoms with Crippen molar-refractivity contribution in [2.75, 3.05) is 13.1 Å². The highest BCUT2D eigenvalue weighted by Gasteiger charge is 2.28. The van der Waals surface area contributed by atoms with Crippen molar-refractivity contribution in [2.24, 2.45) is 0 Å². The lowest BCUT2D eigenvalue weighted by Gasteiger charge is -2.27. The van der Waals surface area contributed by atoms with E-state index in [-0.39, 0.29) is 5.54 Å². The summed E-state index contributed by atoms with van der Waals surface area (Å²) in [5, 5.41) is 12.7. The molecule has 0 radical (unpaired) electrons. The largest absolute Gasteiger partial charge is 0.300 e. The Bertz CT molecular complexity index is 304. The van der Waals surface area contributed by atoms with Crippen LogP contribution in [0.2, 0.25) is 0 Å². The van der Waals surface area contributed by atoms with Gasteiger partial charge in [0.1, 0.15) is 5.54 Å². The van der Waals surface area contributed by atoms with Crippen molar-refractivity contribution in [3.05, 3.63) is 0 Å². The second-order valence-electron chi connectivity index (χ2n) is 6.82. The number of unbranched alkanes of at least 4 members (excludes halogenated alkanes) is 2. The zero-order valence-corrected chi connectivity index (χ0v) is 13.9. The monoisotopic (exact) mass is 279 g/mol. The van der Waals surface area contributed by atoms with E-state index in [1.165, 1.54) is 45.2 Å². The molecule has 0 aromatic carbocycles. The first-order valence-electron chi connectivity index (χ1n) is 8.43. The van der Waals surface area contributed by atoms with Gasteiger partial charge >= 0.3 is 0 Å². The van der Waals surface area contributed by atoms with Crippen molar-refractivity contribution in [1.82, 2.24) is 10.2 Å². The maximum Gasteiger partial charge on any atom is 0.104 e. The number of nitriles is 1. The summed E-state index contributed by atoms with van der Waals surface area (Å²) in [4.78, 5) is 2.67. The first-order chi connectivity index (χ1) is 9.50. The topological polar surface area (TPSA) is 39.1 Å². The molecule has 1 atom stereocenters. The van der Waals surface area contributed by atoms with Gasteiger partial charge in [-0.25, -0.2) is 0 Å². The van der Waals surface area contributed by atoms with Crippen molar-refractivity contribution in [3.8, 4) is 6.07 Å². The summed E-state index contributed by atoms with van der Waals surface area (Å²) in [6, 6.07) is 3.68. The Morgan fingerprint density at radius 2 is 1.90 bits per heavy atom. The molecule has 20 heavy (non-hydrogen) atoms. The molecule has 1 N–H and O–H groups in total. The maximum atomic E-state index is 9.33. The molecule has 1 saturated carbocycles. The van der Waals surface area contributed by atoms with Gasteiger partial charge in [-0.05, 0) is 72.4 Å². The smallest absolute Gasteiger partial charge is 0.104 e. The third-order valence-electron chi connectivity index (χ3n) is 4.09. The first-order valence-corrected chi connectivity index (χ1v) is 8.43. The van der Waals surface area contributed by atoms with Crippen LogP contribution in [0, 0.1) is 11.3 Å². The second-order valence-corrected chi connectivity index (χ2v) is 6.82. The van der Waals surface area contributed by atoms with Gasteiger partial charge in [-0.3, -0.25) is 5.32 Å². The zero-order chi connectivity index (χ0) is 15.0. The van der Waals surface area contributed by atoms with Crippen LogP contribution in [0.1, 0.15) is 72.6 Å². The Morgan fingerprint density at radius 1 is 1.25 bits per heavy atom. The standard InChI is InChI=1S/C17H33N3/c1-5-6-12-20(16-9-10-16)13-8-7-11-17(4,14-18)19-15(2)3/h15-16,19H,5-13H2,1-4H3. The lowest BCUT2D eigenvalue weighted by molar-refractivity contribution is 0.248. The zero-order valence-electron chi connectivity index (χ0n) is 13.9. The van der Waals surface area contributed by atoms with Crippen LogP contribution in [-0.4, -0.2) is 35.6 Å². The number of hydrogen-bond donors (Lipinski definition) is 1. The molecule has 0 saturated heterocycles. The predicted octanol–water partition coefficient (Wildman–Crippen LogP) is 3.70. The van der Waals surface area contributed by atoms with Crippen molar-refractivity contribution in [1.29, 1.82) is 5.26 Å². The minimum absolute atomic E-state index is 0.359. The van der Waals surface area contributed by atoms with Gasteiger partial charge in [-0.15, -0.1) is 0 Å². The van der Waals surface area contributed by atoms with E-state index >= 15 is 0 Å². The highest BCUT2D eigenvalue weighted by molar-refractivity contribution is 5.04. The molecule has 3 nitrogen and oxygen atoms in total. The van der Waals surface area contributed by atoms with Crippen LogP contribution in [0.5, 0.6) is 0 Å². The van der Waals surface area contributed by atoms with E-state index in [9.17, 15) is 5.26 Å². The van der Waals surface area contributed by atoms with Crippen molar-refractivity contribution < 1.29 is 0 Å². The average molecular weight is 279 g/mol. The van der Waals surface area contributed by atoms with Crippen molar-refractivity contribution in [3.63, 3.8) is 0 Å². The highest BCUT2D eigenvalue weighted by Crippen LogP contribution is 2.27. The van der Waals surface area contributed by atoms with Gasteiger partial charge in [0, 0.05) is 12.1 Å². The van der Waals surface area contributed by atoms with Crippen LogP contribution >= 0.6 is 0 Å². The molecule has 1 rings (SSSR count). The molecule has 0 aromatic rings. The fraction of sp³-hybridized carbons (Fsp3) is 0.941. The molecule has 0 aromatic heterocycles. The third-order valence-corrected chi connectivity index (χ3v) is 4.09. The summed E-state index contributed by atoms with van der Waals surface area (Å²) in [6.45, 7) is 11.0. The van der Waals surface area contributed by atoms with Gasteiger partial charge in [-0.1, -0.05) is 13.3 Å². The minimum Gasteiger partial charge on any atom is -0.300 e. The van der Waals surface area contributed by atoms with Crippen LogP contribution in [0.3, 0.4) is 0 Å². The van der Waals surface area contributed by atoms with E-state index in [1.807, 2.05) is 6.92 Å². The van der Waals surface area contributed by atoms with E-state index in [2.05, 4.69) is 37.1 Å². The maximum absolute atomic E-state index is 9.33. The van der Waals surface area contributed by atoms with Gasteiger partial charge in [0.15, 0.2) is 0 Å². The van der Waals surface area contributed by atoms with Crippen LogP contribution in [0.4, 0.5) is 0 Å². The van der Waals surface area contributed by atoms with Crippen molar-refractivity contribution >= 4 is 0 Å². The average Bonchev–Trinajstić information content (AvgIpc) is 3.21. The Morgan fingerprint density at radius 3 is 2.40 bits per heavy atom. The Labute approximate surface area is 125 Å². The molecule has 0 spiro atoms. The molecule has 1 fully saturated rings. The van der Waals surface area contributed by atoms with Gasteiger partial charge < -0.3 is 4.90 Å². The summed E-state index contributed by atoms with van der Waals surface area (Å²) in [5.74, 6) is 0. The summed E-state index contributed by atoms with van der Waals surface area (Å²) >= 11 is 0. The molecule has 1 aliphatic rings. The second kappa shape index (κ2) is 8.64. The first kappa shape index (κ1) is 17.5. The van der Waals surface area contributed by atoms with E-state index in [0.717, 1.165) is 18.9 Å². The summed E-state index contributed by atoms with van der Waals surface area (Å²) < 4.78 is 0. The number of hydrogen-bond acceptors (Lipinski definition) is 3. The van der Waals surface area contributed by atoms with E-state index < -0.39 is 0 Å². The molecule has 116 valence electrons. The third kappa shape index (κ3) is 6.72. The molecule has 3 heteroatoms. The summed E-state index contributed by atoms with van der Waals surface area (Å²) in [6.07, 6.45) is 8.71. The van der Waals surface area contributed by atoms with Crippen LogP contribution in [-0.2, 0) is 0 Å². The number of nitrogens with one attached hydrogen (secondary N) is 1. The molecule has 1 aliphatic carbocycles. The van der Waals surface area contributed by atoms with Gasteiger partial charge in [0.2, 0.25) is 0 Å². The molecule has 0 heterocycles. The SMILES string of the molecule is CCCCN(CCCCC(C)(C#N)NC(C)C)C1CC1. The Hall–Kier alpha value is -0.590. The lowest BCUT2D eigenvalue weighted by Crippen LogP contribution is -2.45. The summed E-state index contributed by atoms with van der Waals surface area (Å²) in [5.41, 5.74) is -0.359.